The quantitative estimate of drug-likeness (QED) is 0.636. The second-order valence-corrected chi connectivity index (χ2v) is 2.55. The summed E-state index contributed by atoms with van der Waals surface area (Å²) in [6.45, 7) is 7.83. The molecule has 0 aromatic carbocycles. The molecule has 0 heterocycles. The Bertz CT molecular complexity index is 121. The van der Waals surface area contributed by atoms with Crippen molar-refractivity contribution in [1.29, 1.82) is 0 Å². The molecule has 0 fully saturated rings. The van der Waals surface area contributed by atoms with Gasteiger partial charge < -0.3 is 5.73 Å². The van der Waals surface area contributed by atoms with Crippen LogP contribution in [0, 0.1) is 0 Å². The second kappa shape index (κ2) is 5.13. The molecule has 0 aromatic rings. The first-order chi connectivity index (χ1) is 5.17. The Morgan fingerprint density at radius 1 is 1.36 bits per heavy atom. The minimum absolute atomic E-state index is 0.0787. The number of hydrogen-bond acceptors (Lipinski definition) is 2. The molecule has 0 aliphatic heterocycles. The molecule has 0 radical (unpaired) electrons. The SMILES string of the molecule is CCC(C(N)=O)N(CC)CC. The van der Waals surface area contributed by atoms with E-state index in [2.05, 4.69) is 4.90 Å². The van der Waals surface area contributed by atoms with Crippen LogP contribution in [0.4, 0.5) is 0 Å². The van der Waals surface area contributed by atoms with Gasteiger partial charge in [0.25, 0.3) is 0 Å². The predicted molar refractivity (Wildman–Crippen MR) is 46.2 cm³/mol. The van der Waals surface area contributed by atoms with Crippen LogP contribution in [0.25, 0.3) is 0 Å². The van der Waals surface area contributed by atoms with Gasteiger partial charge in [0.05, 0.1) is 6.04 Å². The molecular formula is C8H18N2O. The highest BCUT2D eigenvalue weighted by molar-refractivity contribution is 5.79. The van der Waals surface area contributed by atoms with E-state index in [1.165, 1.54) is 0 Å². The van der Waals surface area contributed by atoms with Gasteiger partial charge in [-0.25, -0.2) is 0 Å². The summed E-state index contributed by atoms with van der Waals surface area (Å²) in [4.78, 5) is 12.9. The Morgan fingerprint density at radius 3 is 1.91 bits per heavy atom. The molecule has 0 bridgehead atoms. The molecule has 3 heteroatoms. The Hall–Kier alpha value is -0.570. The summed E-state index contributed by atoms with van der Waals surface area (Å²) in [5.74, 6) is -0.212. The zero-order valence-corrected chi connectivity index (χ0v) is 7.63. The summed E-state index contributed by atoms with van der Waals surface area (Å²) in [5.41, 5.74) is 5.22. The van der Waals surface area contributed by atoms with Crippen molar-refractivity contribution in [3.63, 3.8) is 0 Å². The Morgan fingerprint density at radius 2 is 1.82 bits per heavy atom. The highest BCUT2D eigenvalue weighted by Gasteiger charge is 2.18. The van der Waals surface area contributed by atoms with Crippen molar-refractivity contribution in [2.75, 3.05) is 13.1 Å². The van der Waals surface area contributed by atoms with Crippen LogP contribution in [0.15, 0.2) is 0 Å². The lowest BCUT2D eigenvalue weighted by atomic mass is 10.2. The van der Waals surface area contributed by atoms with Crippen molar-refractivity contribution in [2.24, 2.45) is 5.73 Å². The Balaban J connectivity index is 4.09. The first-order valence-corrected chi connectivity index (χ1v) is 4.20. The van der Waals surface area contributed by atoms with Crippen molar-refractivity contribution in [3.8, 4) is 0 Å². The van der Waals surface area contributed by atoms with Crippen LogP contribution >= 0.6 is 0 Å². The van der Waals surface area contributed by atoms with Crippen LogP contribution in [0.3, 0.4) is 0 Å². The molecule has 0 saturated heterocycles. The summed E-state index contributed by atoms with van der Waals surface area (Å²) in [6, 6.07) is -0.0787. The maximum Gasteiger partial charge on any atom is 0.234 e. The fourth-order valence-electron chi connectivity index (χ4n) is 1.30. The highest BCUT2D eigenvalue weighted by Crippen LogP contribution is 2.01. The summed E-state index contributed by atoms with van der Waals surface area (Å²) < 4.78 is 0. The number of likely N-dealkylation sites (N-methyl/N-ethyl adjacent to an activating group) is 1. The van der Waals surface area contributed by atoms with Crippen LogP contribution in [0.2, 0.25) is 0 Å². The first kappa shape index (κ1) is 10.4. The van der Waals surface area contributed by atoms with Gasteiger partial charge in [-0.3, -0.25) is 9.69 Å². The van der Waals surface area contributed by atoms with E-state index in [1.54, 1.807) is 0 Å². The Labute approximate surface area is 68.6 Å². The van der Waals surface area contributed by atoms with E-state index in [0.717, 1.165) is 19.5 Å². The van der Waals surface area contributed by atoms with E-state index < -0.39 is 0 Å². The number of nitrogens with two attached hydrogens (primary N) is 1. The average Bonchev–Trinajstić information content (AvgIpc) is 1.99. The third kappa shape index (κ3) is 2.89. The van der Waals surface area contributed by atoms with Crippen LogP contribution in [0.5, 0.6) is 0 Å². The van der Waals surface area contributed by atoms with Gasteiger partial charge in [0.15, 0.2) is 0 Å². The first-order valence-electron chi connectivity index (χ1n) is 4.20. The molecular weight excluding hydrogens is 140 g/mol. The third-order valence-electron chi connectivity index (χ3n) is 1.97. The van der Waals surface area contributed by atoms with E-state index in [-0.39, 0.29) is 11.9 Å². The van der Waals surface area contributed by atoms with Crippen molar-refractivity contribution in [1.82, 2.24) is 4.90 Å². The monoisotopic (exact) mass is 158 g/mol. The van der Waals surface area contributed by atoms with Crippen molar-refractivity contribution >= 4 is 5.91 Å². The molecule has 1 amide bonds. The van der Waals surface area contributed by atoms with Crippen molar-refractivity contribution < 1.29 is 4.79 Å². The number of hydrogen-bond donors (Lipinski definition) is 1. The molecule has 0 aliphatic carbocycles. The molecule has 2 N–H and O–H groups in total. The van der Waals surface area contributed by atoms with Crippen LogP contribution in [-0.4, -0.2) is 29.9 Å². The van der Waals surface area contributed by atoms with Crippen molar-refractivity contribution in [3.05, 3.63) is 0 Å². The minimum Gasteiger partial charge on any atom is -0.368 e. The summed E-state index contributed by atoms with van der Waals surface area (Å²) in [7, 11) is 0. The van der Waals surface area contributed by atoms with Gasteiger partial charge in [-0.1, -0.05) is 20.8 Å². The number of primary amides is 1. The van der Waals surface area contributed by atoms with E-state index in [9.17, 15) is 4.79 Å². The lowest BCUT2D eigenvalue weighted by molar-refractivity contribution is -0.123. The molecule has 11 heavy (non-hydrogen) atoms. The number of amides is 1. The summed E-state index contributed by atoms with van der Waals surface area (Å²) >= 11 is 0. The topological polar surface area (TPSA) is 46.3 Å². The van der Waals surface area contributed by atoms with E-state index in [0.29, 0.717) is 0 Å². The van der Waals surface area contributed by atoms with Gasteiger partial charge in [0, 0.05) is 0 Å². The molecule has 3 nitrogen and oxygen atoms in total. The van der Waals surface area contributed by atoms with E-state index in [1.807, 2.05) is 20.8 Å². The molecule has 66 valence electrons. The van der Waals surface area contributed by atoms with Gasteiger partial charge in [0.2, 0.25) is 5.91 Å². The smallest absolute Gasteiger partial charge is 0.234 e. The molecule has 0 spiro atoms. The van der Waals surface area contributed by atoms with E-state index >= 15 is 0 Å². The largest absolute Gasteiger partial charge is 0.368 e. The highest BCUT2D eigenvalue weighted by atomic mass is 16.1. The van der Waals surface area contributed by atoms with Gasteiger partial charge in [-0.15, -0.1) is 0 Å². The lowest BCUT2D eigenvalue weighted by Crippen LogP contribution is -2.44. The Kier molecular flexibility index (Phi) is 4.86. The molecule has 0 saturated carbocycles. The molecule has 0 rings (SSSR count). The van der Waals surface area contributed by atoms with E-state index in [4.69, 9.17) is 5.73 Å². The fourth-order valence-corrected chi connectivity index (χ4v) is 1.30. The number of rotatable bonds is 5. The standard InChI is InChI=1S/C8H18N2O/c1-4-7(8(9)11)10(5-2)6-3/h7H,4-6H2,1-3H3,(H2,9,11). The second-order valence-electron chi connectivity index (χ2n) is 2.55. The number of nitrogens with zero attached hydrogens (tertiary/aromatic N) is 1. The maximum absolute atomic E-state index is 10.9. The van der Waals surface area contributed by atoms with Crippen LogP contribution < -0.4 is 5.73 Å². The molecule has 1 unspecified atom stereocenters. The lowest BCUT2D eigenvalue weighted by Gasteiger charge is -2.25. The van der Waals surface area contributed by atoms with Crippen LogP contribution in [-0.2, 0) is 4.79 Å². The molecule has 0 aromatic heterocycles. The van der Waals surface area contributed by atoms with Crippen LogP contribution in [0.1, 0.15) is 27.2 Å². The zero-order valence-electron chi connectivity index (χ0n) is 7.63. The van der Waals surface area contributed by atoms with Gasteiger partial charge in [0.1, 0.15) is 0 Å². The normalized spacial score (nSPS) is 13.5. The van der Waals surface area contributed by atoms with Crippen molar-refractivity contribution in [2.45, 2.75) is 33.2 Å². The average molecular weight is 158 g/mol. The summed E-state index contributed by atoms with van der Waals surface area (Å²) in [5, 5.41) is 0. The number of carbonyl (C=O) groups is 1. The number of carbonyl (C=O) groups excluding carboxylic acids is 1. The van der Waals surface area contributed by atoms with Gasteiger partial charge >= 0.3 is 0 Å². The minimum atomic E-state index is -0.212. The molecule has 0 aliphatic rings. The zero-order chi connectivity index (χ0) is 8.85. The third-order valence-corrected chi connectivity index (χ3v) is 1.97. The summed E-state index contributed by atoms with van der Waals surface area (Å²) in [6.07, 6.45) is 0.803. The fraction of sp³-hybridized carbons (Fsp3) is 0.875. The van der Waals surface area contributed by atoms with Gasteiger partial charge in [-0.2, -0.15) is 0 Å². The van der Waals surface area contributed by atoms with Gasteiger partial charge in [-0.05, 0) is 19.5 Å². The predicted octanol–water partition coefficient (Wildman–Crippen LogP) is 0.592. The maximum atomic E-state index is 10.9. The molecule has 1 atom stereocenters.